The van der Waals surface area contributed by atoms with Gasteiger partial charge in [-0.25, -0.2) is 13.8 Å². The SMILES string of the molecule is Cc1ncn(CC(=O)c2c(F)cccc2F)c1C. The van der Waals surface area contributed by atoms with E-state index in [1.54, 1.807) is 18.4 Å². The molecule has 1 aromatic carbocycles. The lowest BCUT2D eigenvalue weighted by atomic mass is 10.1. The minimum absolute atomic E-state index is 0.121. The molecule has 0 aliphatic carbocycles. The molecule has 0 N–H and O–H groups in total. The second-order valence-electron chi connectivity index (χ2n) is 4.06. The Kier molecular flexibility index (Phi) is 3.23. The van der Waals surface area contributed by atoms with Crippen LogP contribution in [0.5, 0.6) is 0 Å². The third-order valence-electron chi connectivity index (χ3n) is 2.90. The number of carbonyl (C=O) groups is 1. The molecule has 2 aromatic rings. The molecular formula is C13H12F2N2O. The molecule has 1 aromatic heterocycles. The largest absolute Gasteiger partial charge is 0.327 e. The van der Waals surface area contributed by atoms with Crippen LogP contribution in [0.25, 0.3) is 0 Å². The number of hydrogen-bond donors (Lipinski definition) is 0. The molecule has 0 aliphatic heterocycles. The monoisotopic (exact) mass is 250 g/mol. The summed E-state index contributed by atoms with van der Waals surface area (Å²) < 4.78 is 28.4. The van der Waals surface area contributed by atoms with E-state index in [0.29, 0.717) is 0 Å². The number of hydrogen-bond acceptors (Lipinski definition) is 2. The molecule has 18 heavy (non-hydrogen) atoms. The molecule has 3 nitrogen and oxygen atoms in total. The summed E-state index contributed by atoms with van der Waals surface area (Å²) in [5.74, 6) is -2.28. The van der Waals surface area contributed by atoms with Crippen molar-refractivity contribution in [2.75, 3.05) is 0 Å². The van der Waals surface area contributed by atoms with Crippen LogP contribution >= 0.6 is 0 Å². The second kappa shape index (κ2) is 4.68. The van der Waals surface area contributed by atoms with E-state index in [1.807, 2.05) is 0 Å². The third-order valence-corrected chi connectivity index (χ3v) is 2.90. The molecular weight excluding hydrogens is 238 g/mol. The van der Waals surface area contributed by atoms with Crippen molar-refractivity contribution in [3.8, 4) is 0 Å². The van der Waals surface area contributed by atoms with Crippen molar-refractivity contribution in [1.82, 2.24) is 9.55 Å². The van der Waals surface area contributed by atoms with Gasteiger partial charge in [0.1, 0.15) is 11.6 Å². The van der Waals surface area contributed by atoms with Gasteiger partial charge in [-0.2, -0.15) is 0 Å². The zero-order valence-electron chi connectivity index (χ0n) is 10.1. The molecule has 5 heteroatoms. The van der Waals surface area contributed by atoms with Crippen LogP contribution in [-0.4, -0.2) is 15.3 Å². The van der Waals surface area contributed by atoms with Gasteiger partial charge in [-0.3, -0.25) is 4.79 Å². The van der Waals surface area contributed by atoms with Crippen molar-refractivity contribution >= 4 is 5.78 Å². The molecule has 0 radical (unpaired) electrons. The van der Waals surface area contributed by atoms with E-state index in [1.165, 1.54) is 12.4 Å². The normalized spacial score (nSPS) is 10.7. The van der Waals surface area contributed by atoms with Gasteiger partial charge in [0.25, 0.3) is 0 Å². The fourth-order valence-corrected chi connectivity index (χ4v) is 1.70. The van der Waals surface area contributed by atoms with Crippen LogP contribution in [0.4, 0.5) is 8.78 Å². The molecule has 0 saturated heterocycles. The Morgan fingerprint density at radius 2 is 1.89 bits per heavy atom. The predicted molar refractivity (Wildman–Crippen MR) is 62.4 cm³/mol. The molecule has 0 aliphatic rings. The molecule has 0 atom stereocenters. The molecule has 1 heterocycles. The van der Waals surface area contributed by atoms with E-state index in [2.05, 4.69) is 4.98 Å². The van der Waals surface area contributed by atoms with Gasteiger partial charge < -0.3 is 4.57 Å². The number of nitrogens with zero attached hydrogens (tertiary/aromatic N) is 2. The first kappa shape index (κ1) is 12.4. The molecule has 0 unspecified atom stereocenters. The first-order valence-corrected chi connectivity index (χ1v) is 5.46. The minimum Gasteiger partial charge on any atom is -0.327 e. The summed E-state index contributed by atoms with van der Waals surface area (Å²) in [6.07, 6.45) is 1.49. The molecule has 2 rings (SSSR count). The van der Waals surface area contributed by atoms with Gasteiger partial charge in [-0.15, -0.1) is 0 Å². The summed E-state index contributed by atoms with van der Waals surface area (Å²) in [5.41, 5.74) is 1.10. The van der Waals surface area contributed by atoms with Crippen LogP contribution in [0.1, 0.15) is 21.7 Å². The molecule has 0 amide bonds. The molecule has 0 bridgehead atoms. The van der Waals surface area contributed by atoms with Crippen molar-refractivity contribution in [2.24, 2.45) is 0 Å². The Morgan fingerprint density at radius 3 is 2.39 bits per heavy atom. The van der Waals surface area contributed by atoms with E-state index in [-0.39, 0.29) is 6.54 Å². The van der Waals surface area contributed by atoms with Crippen molar-refractivity contribution in [2.45, 2.75) is 20.4 Å². The number of ketones is 1. The number of rotatable bonds is 3. The summed E-state index contributed by atoms with van der Waals surface area (Å²) in [6.45, 7) is 3.48. The molecule has 0 saturated carbocycles. The maximum Gasteiger partial charge on any atom is 0.188 e. The van der Waals surface area contributed by atoms with Crippen LogP contribution in [0, 0.1) is 25.5 Å². The van der Waals surface area contributed by atoms with Crippen molar-refractivity contribution in [3.63, 3.8) is 0 Å². The number of benzene rings is 1. The number of carbonyl (C=O) groups excluding carboxylic acids is 1. The zero-order chi connectivity index (χ0) is 13.3. The van der Waals surface area contributed by atoms with Gasteiger partial charge in [0.2, 0.25) is 0 Å². The fraction of sp³-hybridized carbons (Fsp3) is 0.231. The van der Waals surface area contributed by atoms with E-state index in [0.717, 1.165) is 23.5 Å². The van der Waals surface area contributed by atoms with Crippen LogP contribution in [0.3, 0.4) is 0 Å². The predicted octanol–water partition coefficient (Wildman–Crippen LogP) is 2.66. The quantitative estimate of drug-likeness (QED) is 0.785. The van der Waals surface area contributed by atoms with E-state index < -0.39 is 23.0 Å². The summed E-state index contributed by atoms with van der Waals surface area (Å²) in [6, 6.07) is 3.37. The smallest absolute Gasteiger partial charge is 0.188 e. The first-order valence-electron chi connectivity index (χ1n) is 5.46. The van der Waals surface area contributed by atoms with Crippen molar-refractivity contribution < 1.29 is 13.6 Å². The molecule has 0 fully saturated rings. The van der Waals surface area contributed by atoms with Crippen LogP contribution < -0.4 is 0 Å². The van der Waals surface area contributed by atoms with Gasteiger partial charge in [-0.05, 0) is 26.0 Å². The maximum atomic E-state index is 13.4. The summed E-state index contributed by atoms with van der Waals surface area (Å²) in [4.78, 5) is 15.9. The zero-order valence-corrected chi connectivity index (χ0v) is 10.1. The average Bonchev–Trinajstić information content (AvgIpc) is 2.61. The van der Waals surface area contributed by atoms with Gasteiger partial charge in [-0.1, -0.05) is 6.07 Å². The third kappa shape index (κ3) is 2.16. The summed E-state index contributed by atoms with van der Waals surface area (Å²) in [5, 5.41) is 0. The Balaban J connectivity index is 2.31. The van der Waals surface area contributed by atoms with Crippen molar-refractivity contribution in [3.05, 3.63) is 53.1 Å². The first-order chi connectivity index (χ1) is 8.50. The highest BCUT2D eigenvalue weighted by atomic mass is 19.1. The Morgan fingerprint density at radius 1 is 1.28 bits per heavy atom. The lowest BCUT2D eigenvalue weighted by Gasteiger charge is -2.06. The fourth-order valence-electron chi connectivity index (χ4n) is 1.70. The Labute approximate surface area is 103 Å². The van der Waals surface area contributed by atoms with E-state index >= 15 is 0 Å². The molecule has 94 valence electrons. The maximum absolute atomic E-state index is 13.4. The highest BCUT2D eigenvalue weighted by Crippen LogP contribution is 2.14. The van der Waals surface area contributed by atoms with Gasteiger partial charge in [0, 0.05) is 5.69 Å². The highest BCUT2D eigenvalue weighted by molar-refractivity contribution is 5.96. The van der Waals surface area contributed by atoms with Crippen LogP contribution in [-0.2, 0) is 6.54 Å². The van der Waals surface area contributed by atoms with Gasteiger partial charge in [0.05, 0.1) is 24.1 Å². The number of aromatic nitrogens is 2. The van der Waals surface area contributed by atoms with E-state index in [9.17, 15) is 13.6 Å². The minimum atomic E-state index is -0.838. The Bertz CT molecular complexity index is 585. The van der Waals surface area contributed by atoms with Crippen LogP contribution in [0.2, 0.25) is 0 Å². The second-order valence-corrected chi connectivity index (χ2v) is 4.06. The number of halogens is 2. The lowest BCUT2D eigenvalue weighted by molar-refractivity contribution is 0.0963. The number of imidazole rings is 1. The lowest BCUT2D eigenvalue weighted by Crippen LogP contribution is -2.14. The van der Waals surface area contributed by atoms with Gasteiger partial charge in [0.15, 0.2) is 5.78 Å². The summed E-state index contributed by atoms with van der Waals surface area (Å²) >= 11 is 0. The summed E-state index contributed by atoms with van der Waals surface area (Å²) in [7, 11) is 0. The number of aryl methyl sites for hydroxylation is 1. The topological polar surface area (TPSA) is 34.9 Å². The highest BCUT2D eigenvalue weighted by Gasteiger charge is 2.18. The average molecular weight is 250 g/mol. The van der Waals surface area contributed by atoms with Gasteiger partial charge >= 0.3 is 0 Å². The Hall–Kier alpha value is -2.04. The van der Waals surface area contributed by atoms with Crippen LogP contribution in [0.15, 0.2) is 24.5 Å². The molecule has 0 spiro atoms. The number of Topliss-reactive ketones (excluding diaryl/α,β-unsaturated/α-hetero) is 1. The standard InChI is InChI=1S/C13H12F2N2O/c1-8-9(2)17(7-16-8)6-12(18)13-10(14)4-3-5-11(13)15/h3-5,7H,6H2,1-2H3. The van der Waals surface area contributed by atoms with E-state index in [4.69, 9.17) is 0 Å². The van der Waals surface area contributed by atoms with Crippen molar-refractivity contribution in [1.29, 1.82) is 0 Å².